The Hall–Kier alpha value is -2.42. The molecule has 1 amide bonds. The number of rotatable bonds is 3. The summed E-state index contributed by atoms with van der Waals surface area (Å²) in [6, 6.07) is 3.03. The highest BCUT2D eigenvalue weighted by Crippen LogP contribution is 2.46. The summed E-state index contributed by atoms with van der Waals surface area (Å²) in [7, 11) is 1.34. The van der Waals surface area contributed by atoms with Crippen LogP contribution in [0.15, 0.2) is 24.3 Å². The number of aryl methyl sites for hydroxylation is 1. The highest BCUT2D eigenvalue weighted by atomic mass is 35.5. The van der Waals surface area contributed by atoms with Crippen LogP contribution in [0.3, 0.4) is 0 Å². The molecule has 2 aliphatic rings. The minimum Gasteiger partial charge on any atom is -0.341 e. The highest BCUT2D eigenvalue weighted by Gasteiger charge is 2.51. The topological polar surface area (TPSA) is 36.4 Å². The van der Waals surface area contributed by atoms with Gasteiger partial charge in [-0.3, -0.25) is 4.79 Å². The number of hydrogen-bond acceptors (Lipinski definition) is 3. The summed E-state index contributed by atoms with van der Waals surface area (Å²) in [6.45, 7) is 1.46. The Morgan fingerprint density at radius 2 is 1.94 bits per heavy atom. The van der Waals surface area contributed by atoms with E-state index in [1.54, 1.807) is 4.90 Å². The van der Waals surface area contributed by atoms with Crippen LogP contribution in [0.25, 0.3) is 0 Å². The lowest BCUT2D eigenvalue weighted by atomic mass is 9.97. The molecule has 1 aliphatic carbocycles. The van der Waals surface area contributed by atoms with Crippen molar-refractivity contribution in [2.45, 2.75) is 44.4 Å². The second-order valence-corrected chi connectivity index (χ2v) is 8.40. The van der Waals surface area contributed by atoms with Gasteiger partial charge in [0.15, 0.2) is 5.82 Å². The number of fused-ring (bicyclic) bond motifs is 2. The summed E-state index contributed by atoms with van der Waals surface area (Å²) in [5.74, 6) is -2.56. The summed E-state index contributed by atoms with van der Waals surface area (Å²) < 4.78 is 68.0. The van der Waals surface area contributed by atoms with E-state index in [2.05, 4.69) is 4.98 Å². The standard InChI is InChI=1S/C21H19ClF5N3O/c1-10-7-12(21(25,26)27)9-16(28-10)30-13-4-3-11(8-13)19(30)20(31)29(2)15-6-5-14(23)17(22)18(15)24/h5-7,9,11,13,19H,3-4,8H2,1-2H3/t11-,13+,19-/m0/s1. The first-order chi connectivity index (χ1) is 14.5. The van der Waals surface area contributed by atoms with Gasteiger partial charge in [0.05, 0.1) is 11.3 Å². The molecule has 2 bridgehead atoms. The van der Waals surface area contributed by atoms with Crippen LogP contribution in [0.4, 0.5) is 33.5 Å². The fourth-order valence-corrected chi connectivity index (χ4v) is 4.83. The van der Waals surface area contributed by atoms with Gasteiger partial charge in [0.2, 0.25) is 5.91 Å². The summed E-state index contributed by atoms with van der Waals surface area (Å²) in [6.07, 6.45) is -2.46. The zero-order chi connectivity index (χ0) is 22.7. The van der Waals surface area contributed by atoms with Crippen LogP contribution in [-0.2, 0) is 11.0 Å². The summed E-state index contributed by atoms with van der Waals surface area (Å²) >= 11 is 5.64. The first kappa shape index (κ1) is 21.8. The number of benzene rings is 1. The van der Waals surface area contributed by atoms with Crippen molar-refractivity contribution in [3.8, 4) is 0 Å². The lowest BCUT2D eigenvalue weighted by Crippen LogP contribution is -2.51. The van der Waals surface area contributed by atoms with Crippen LogP contribution in [0.5, 0.6) is 0 Å². The fraction of sp³-hybridized carbons (Fsp3) is 0.429. The van der Waals surface area contributed by atoms with Crippen molar-refractivity contribution < 1.29 is 26.7 Å². The van der Waals surface area contributed by atoms with Crippen molar-refractivity contribution in [2.75, 3.05) is 16.8 Å². The second kappa shape index (κ2) is 7.62. The Labute approximate surface area is 180 Å². The second-order valence-electron chi connectivity index (χ2n) is 8.02. The van der Waals surface area contributed by atoms with Crippen LogP contribution < -0.4 is 9.80 Å². The molecule has 1 saturated carbocycles. The number of alkyl halides is 3. The van der Waals surface area contributed by atoms with E-state index in [1.165, 1.54) is 14.0 Å². The number of amides is 1. The number of piperidine rings is 1. The molecule has 2 aromatic rings. The number of hydrogen-bond donors (Lipinski definition) is 0. The van der Waals surface area contributed by atoms with E-state index in [4.69, 9.17) is 11.6 Å². The fourth-order valence-electron chi connectivity index (χ4n) is 4.67. The third-order valence-corrected chi connectivity index (χ3v) is 6.42. The van der Waals surface area contributed by atoms with Crippen molar-refractivity contribution >= 4 is 29.0 Å². The Kier molecular flexibility index (Phi) is 5.36. The number of carbonyl (C=O) groups excluding carboxylic acids is 1. The first-order valence-electron chi connectivity index (χ1n) is 9.74. The lowest BCUT2D eigenvalue weighted by Gasteiger charge is -2.37. The molecule has 0 unspecified atom stereocenters. The molecule has 0 N–H and O–H groups in total. The largest absolute Gasteiger partial charge is 0.416 e. The molecule has 31 heavy (non-hydrogen) atoms. The molecule has 4 rings (SSSR count). The average molecular weight is 460 g/mol. The monoisotopic (exact) mass is 459 g/mol. The Balaban J connectivity index is 1.72. The van der Waals surface area contributed by atoms with Gasteiger partial charge in [-0.2, -0.15) is 13.2 Å². The maximum Gasteiger partial charge on any atom is 0.416 e. The maximum atomic E-state index is 14.5. The number of anilines is 2. The van der Waals surface area contributed by atoms with Gasteiger partial charge in [-0.05, 0) is 56.4 Å². The highest BCUT2D eigenvalue weighted by molar-refractivity contribution is 6.31. The molecule has 1 aromatic carbocycles. The van der Waals surface area contributed by atoms with E-state index in [0.29, 0.717) is 6.42 Å². The smallest absolute Gasteiger partial charge is 0.341 e. The molecule has 3 atom stereocenters. The number of halogens is 6. The van der Waals surface area contributed by atoms with Crippen LogP contribution >= 0.6 is 11.6 Å². The number of likely N-dealkylation sites (N-methyl/N-ethyl adjacent to an activating group) is 1. The van der Waals surface area contributed by atoms with E-state index in [-0.39, 0.29) is 29.2 Å². The third kappa shape index (κ3) is 3.73. The molecule has 1 aliphatic heterocycles. The van der Waals surface area contributed by atoms with E-state index < -0.39 is 40.3 Å². The van der Waals surface area contributed by atoms with Gasteiger partial charge in [0.25, 0.3) is 0 Å². The predicted octanol–water partition coefficient (Wildman–Crippen LogP) is 5.36. The van der Waals surface area contributed by atoms with Crippen molar-refractivity contribution in [1.82, 2.24) is 4.98 Å². The normalized spacial score (nSPS) is 22.8. The number of pyridine rings is 1. The van der Waals surface area contributed by atoms with Gasteiger partial charge in [-0.1, -0.05) is 11.6 Å². The molecule has 2 heterocycles. The Morgan fingerprint density at radius 3 is 2.61 bits per heavy atom. The zero-order valence-electron chi connectivity index (χ0n) is 16.7. The quantitative estimate of drug-likeness (QED) is 0.458. The molecule has 166 valence electrons. The van der Waals surface area contributed by atoms with Crippen molar-refractivity contribution in [1.29, 1.82) is 0 Å². The van der Waals surface area contributed by atoms with E-state index in [0.717, 1.165) is 42.0 Å². The van der Waals surface area contributed by atoms with E-state index in [9.17, 15) is 26.7 Å². The van der Waals surface area contributed by atoms with Crippen LogP contribution in [0.1, 0.15) is 30.5 Å². The Morgan fingerprint density at radius 1 is 1.23 bits per heavy atom. The molecule has 0 radical (unpaired) electrons. The zero-order valence-corrected chi connectivity index (χ0v) is 17.4. The van der Waals surface area contributed by atoms with Crippen LogP contribution in [0, 0.1) is 24.5 Å². The third-order valence-electron chi connectivity index (χ3n) is 6.08. The molecule has 1 saturated heterocycles. The predicted molar refractivity (Wildman–Crippen MR) is 106 cm³/mol. The van der Waals surface area contributed by atoms with E-state index in [1.807, 2.05) is 0 Å². The van der Waals surface area contributed by atoms with Gasteiger partial charge < -0.3 is 9.80 Å². The molecule has 2 fully saturated rings. The van der Waals surface area contributed by atoms with E-state index >= 15 is 0 Å². The number of carbonyl (C=O) groups is 1. The van der Waals surface area contributed by atoms with Crippen molar-refractivity contribution in [2.24, 2.45) is 5.92 Å². The molecular formula is C21H19ClF5N3O. The van der Waals surface area contributed by atoms with Crippen molar-refractivity contribution in [3.63, 3.8) is 0 Å². The van der Waals surface area contributed by atoms with Gasteiger partial charge >= 0.3 is 6.18 Å². The minimum atomic E-state index is -4.55. The lowest BCUT2D eigenvalue weighted by molar-refractivity contribution is -0.137. The molecular weight excluding hydrogens is 441 g/mol. The van der Waals surface area contributed by atoms with Crippen LogP contribution in [-0.4, -0.2) is 30.0 Å². The van der Waals surface area contributed by atoms with Crippen molar-refractivity contribution in [3.05, 3.63) is 52.2 Å². The summed E-state index contributed by atoms with van der Waals surface area (Å²) in [4.78, 5) is 20.3. The number of aromatic nitrogens is 1. The molecule has 10 heteroatoms. The molecule has 0 spiro atoms. The molecule has 1 aromatic heterocycles. The summed E-state index contributed by atoms with van der Waals surface area (Å²) in [5.41, 5.74) is -0.857. The number of nitrogens with zero attached hydrogens (tertiary/aromatic N) is 3. The molecule has 4 nitrogen and oxygen atoms in total. The van der Waals surface area contributed by atoms with Gasteiger partial charge in [0, 0.05) is 18.8 Å². The summed E-state index contributed by atoms with van der Waals surface area (Å²) in [5, 5.41) is -0.725. The van der Waals surface area contributed by atoms with Gasteiger partial charge in [0.1, 0.15) is 22.7 Å². The van der Waals surface area contributed by atoms with Crippen LogP contribution in [0.2, 0.25) is 5.02 Å². The first-order valence-corrected chi connectivity index (χ1v) is 10.1. The SMILES string of the molecule is Cc1cc(C(F)(F)F)cc(N2[C@@H]3CC[C@@H](C3)[C@H]2C(=O)N(C)c2ccc(F)c(Cl)c2F)n1. The van der Waals surface area contributed by atoms with Gasteiger partial charge in [-0.25, -0.2) is 13.8 Å². The maximum absolute atomic E-state index is 14.5. The average Bonchev–Trinajstić information content (AvgIpc) is 3.31. The minimum absolute atomic E-state index is 0.0730. The Bertz CT molecular complexity index is 1040. The van der Waals surface area contributed by atoms with Gasteiger partial charge in [-0.15, -0.1) is 0 Å².